The van der Waals surface area contributed by atoms with Crippen LogP contribution in [0.3, 0.4) is 0 Å². The summed E-state index contributed by atoms with van der Waals surface area (Å²) in [5.41, 5.74) is 0.613. The maximum Gasteiger partial charge on any atom is 0.393 e. The van der Waals surface area contributed by atoms with Crippen LogP contribution in [0.4, 0.5) is 5.69 Å². The van der Waals surface area contributed by atoms with Crippen molar-refractivity contribution in [2.24, 2.45) is 0 Å². The van der Waals surface area contributed by atoms with Gasteiger partial charge in [-0.1, -0.05) is 12.1 Å². The van der Waals surface area contributed by atoms with Crippen LogP contribution in [0.2, 0.25) is 0 Å². The van der Waals surface area contributed by atoms with Crippen molar-refractivity contribution in [2.45, 2.75) is 4.90 Å². The summed E-state index contributed by atoms with van der Waals surface area (Å²) in [6, 6.07) is 7.64. The molecule has 0 fully saturated rings. The fourth-order valence-electron chi connectivity index (χ4n) is 2.90. The lowest BCUT2D eigenvalue weighted by Crippen LogP contribution is -2.19. The molecule has 29 heavy (non-hydrogen) atoms. The highest BCUT2D eigenvalue weighted by Crippen LogP contribution is 2.49. The van der Waals surface area contributed by atoms with Crippen LogP contribution in [-0.4, -0.2) is 46.6 Å². The number of anilines is 1. The first-order chi connectivity index (χ1) is 13.8. The number of methoxy groups -OCH3 is 3. The number of hydrogen-bond donors (Lipinski definition) is 2. The van der Waals surface area contributed by atoms with Crippen molar-refractivity contribution in [1.82, 2.24) is 0 Å². The van der Waals surface area contributed by atoms with Crippen LogP contribution >= 0.6 is 11.8 Å². The van der Waals surface area contributed by atoms with Crippen LogP contribution in [0.1, 0.15) is 15.9 Å². The van der Waals surface area contributed by atoms with E-state index in [2.05, 4.69) is 4.72 Å². The van der Waals surface area contributed by atoms with Crippen molar-refractivity contribution >= 4 is 39.5 Å². The maximum atomic E-state index is 13.0. The predicted octanol–water partition coefficient (Wildman–Crippen LogP) is 3.46. The van der Waals surface area contributed by atoms with Gasteiger partial charge in [0.05, 0.1) is 37.5 Å². The van der Waals surface area contributed by atoms with E-state index in [4.69, 9.17) is 14.2 Å². The molecule has 0 aromatic heterocycles. The number of hydrogen-bond acceptors (Lipinski definition) is 6. The summed E-state index contributed by atoms with van der Waals surface area (Å²) in [7, 11) is 0.781. The van der Waals surface area contributed by atoms with E-state index in [0.29, 0.717) is 22.8 Å². The fourth-order valence-corrected chi connectivity index (χ4v) is 5.57. The van der Waals surface area contributed by atoms with Gasteiger partial charge in [0.2, 0.25) is 5.75 Å². The molecular formula is C19H20NO7S2+. The molecule has 1 aliphatic rings. The van der Waals surface area contributed by atoms with Crippen LogP contribution in [0, 0.1) is 0 Å². The van der Waals surface area contributed by atoms with E-state index >= 15 is 0 Å². The highest BCUT2D eigenvalue weighted by molar-refractivity contribution is 8.03. The van der Waals surface area contributed by atoms with Crippen LogP contribution in [-0.2, 0) is 10.0 Å². The molecule has 1 atom stereocenters. The SMILES string of the molecule is COc1cc2c(c(OC)c1OC)SCC(S(=O)(=[OH+])Nc1ccccc1C(=O)O)=C2. The standard InChI is InChI=1S/C19H19NO7S2/c1-25-15-9-11-8-12(10-28-18(11)17(27-3)16(15)26-2)29(23,24)20-14-7-5-4-6-13(14)19(21)22/h4-9H,10H2,1-3H3,(H,21,22)(H,20,23,24)/p+1. The minimum Gasteiger partial charge on any atom is -0.493 e. The second-order valence-corrected chi connectivity index (χ2v) is 8.71. The minimum absolute atomic E-state index is 0.0640. The quantitative estimate of drug-likeness (QED) is 0.636. The Kier molecular flexibility index (Phi) is 5.94. The Hall–Kier alpha value is -2.85. The molecule has 0 saturated heterocycles. The molecule has 2 aromatic carbocycles. The molecule has 2 aromatic rings. The zero-order valence-corrected chi connectivity index (χ0v) is 17.6. The Bertz CT molecular complexity index is 1090. The van der Waals surface area contributed by atoms with E-state index in [1.807, 2.05) is 0 Å². The van der Waals surface area contributed by atoms with Gasteiger partial charge in [-0.05, 0) is 29.8 Å². The summed E-state index contributed by atoms with van der Waals surface area (Å²) >= 11 is 1.32. The Morgan fingerprint density at radius 1 is 1.17 bits per heavy atom. The number of rotatable bonds is 7. The Labute approximate surface area is 172 Å². The van der Waals surface area contributed by atoms with Crippen molar-refractivity contribution < 1.29 is 32.5 Å². The summed E-state index contributed by atoms with van der Waals surface area (Å²) in [6.07, 6.45) is 1.58. The molecule has 0 spiro atoms. The average Bonchev–Trinajstić information content (AvgIpc) is 2.71. The second kappa shape index (κ2) is 8.26. The van der Waals surface area contributed by atoms with Crippen molar-refractivity contribution in [3.63, 3.8) is 0 Å². The van der Waals surface area contributed by atoms with Gasteiger partial charge in [0.25, 0.3) is 0 Å². The molecule has 3 rings (SSSR count). The molecular weight excluding hydrogens is 418 g/mol. The van der Waals surface area contributed by atoms with Gasteiger partial charge in [0.1, 0.15) is 4.91 Å². The van der Waals surface area contributed by atoms with Crippen LogP contribution in [0.5, 0.6) is 17.2 Å². The van der Waals surface area contributed by atoms with Crippen molar-refractivity contribution in [1.29, 1.82) is 0 Å². The second-order valence-electron chi connectivity index (χ2n) is 5.94. The molecule has 0 radical (unpaired) electrons. The highest BCUT2D eigenvalue weighted by atomic mass is 32.2. The lowest BCUT2D eigenvalue weighted by Gasteiger charge is -2.21. The maximum absolute atomic E-state index is 13.0. The molecule has 0 aliphatic carbocycles. The van der Waals surface area contributed by atoms with E-state index in [1.165, 1.54) is 45.2 Å². The number of carboxylic acid groups (broad SMARTS) is 1. The summed E-state index contributed by atoms with van der Waals surface area (Å²) in [5, 5.41) is 9.29. The average molecular weight is 439 g/mol. The fraction of sp³-hybridized carbons (Fsp3) is 0.211. The lowest BCUT2D eigenvalue weighted by atomic mass is 10.1. The molecule has 3 N–H and O–H groups in total. The van der Waals surface area contributed by atoms with E-state index in [0.717, 1.165) is 4.90 Å². The van der Waals surface area contributed by atoms with Gasteiger partial charge < -0.3 is 19.3 Å². The van der Waals surface area contributed by atoms with Gasteiger partial charge in [-0.2, -0.15) is 4.21 Å². The van der Waals surface area contributed by atoms with Crippen molar-refractivity contribution in [2.75, 3.05) is 31.8 Å². The van der Waals surface area contributed by atoms with E-state index in [9.17, 15) is 18.3 Å². The number of para-hydroxylation sites is 1. The van der Waals surface area contributed by atoms with Gasteiger partial charge >= 0.3 is 16.0 Å². The van der Waals surface area contributed by atoms with Gasteiger partial charge in [-0.25, -0.2) is 13.7 Å². The number of carboxylic acids is 1. The van der Waals surface area contributed by atoms with Crippen LogP contribution in [0.25, 0.3) is 6.08 Å². The van der Waals surface area contributed by atoms with E-state index in [-0.39, 0.29) is 21.9 Å². The predicted molar refractivity (Wildman–Crippen MR) is 112 cm³/mol. The van der Waals surface area contributed by atoms with E-state index in [1.54, 1.807) is 24.3 Å². The number of thioether (sulfide) groups is 1. The number of carbonyl (C=O) groups is 1. The summed E-state index contributed by atoms with van der Waals surface area (Å²) in [4.78, 5) is 12.3. The molecule has 0 bridgehead atoms. The molecule has 1 aliphatic heterocycles. The molecule has 10 heteroatoms. The summed E-state index contributed by atoms with van der Waals surface area (Å²) < 4.78 is 42.3. The molecule has 8 nitrogen and oxygen atoms in total. The zero-order chi connectivity index (χ0) is 21.2. The smallest absolute Gasteiger partial charge is 0.393 e. The van der Waals surface area contributed by atoms with E-state index < -0.39 is 16.0 Å². The molecule has 154 valence electrons. The van der Waals surface area contributed by atoms with Crippen LogP contribution < -0.4 is 18.9 Å². The highest BCUT2D eigenvalue weighted by Gasteiger charge is 2.31. The van der Waals surface area contributed by atoms with Gasteiger partial charge in [0, 0.05) is 5.75 Å². The number of benzene rings is 2. The van der Waals surface area contributed by atoms with Crippen molar-refractivity contribution in [3.8, 4) is 17.2 Å². The van der Waals surface area contributed by atoms with Crippen molar-refractivity contribution in [3.05, 3.63) is 46.4 Å². The number of fused-ring (bicyclic) bond motifs is 1. The number of ether oxygens (including phenoxy) is 3. The normalized spacial score (nSPS) is 14.8. The first-order valence-corrected chi connectivity index (χ1v) is 10.9. The monoisotopic (exact) mass is 438 g/mol. The zero-order valence-electron chi connectivity index (χ0n) is 15.9. The first kappa shape index (κ1) is 20.9. The topological polar surface area (TPSA) is 115 Å². The summed E-state index contributed by atoms with van der Waals surface area (Å²) in [5.74, 6) is 0.361. The number of nitrogens with one attached hydrogen (secondary N) is 1. The lowest BCUT2D eigenvalue weighted by molar-refractivity contribution is 0.0698. The van der Waals surface area contributed by atoms with Gasteiger partial charge in [-0.3, -0.25) is 0 Å². The molecule has 1 unspecified atom stereocenters. The van der Waals surface area contributed by atoms with Gasteiger partial charge in [0.15, 0.2) is 11.5 Å². The third-order valence-corrected chi connectivity index (χ3v) is 7.07. The first-order valence-electron chi connectivity index (χ1n) is 8.35. The Morgan fingerprint density at radius 2 is 1.86 bits per heavy atom. The van der Waals surface area contributed by atoms with Crippen LogP contribution in [0.15, 0.2) is 40.1 Å². The molecule has 0 saturated carbocycles. The largest absolute Gasteiger partial charge is 0.493 e. The minimum atomic E-state index is -3.73. The third-order valence-electron chi connectivity index (χ3n) is 4.25. The molecule has 0 amide bonds. The third kappa shape index (κ3) is 3.99. The number of aromatic carboxylic acids is 1. The Morgan fingerprint density at radius 3 is 2.48 bits per heavy atom. The summed E-state index contributed by atoms with van der Waals surface area (Å²) in [6.45, 7) is 0. The van der Waals surface area contributed by atoms with Gasteiger partial charge in [-0.15, -0.1) is 11.8 Å². The molecule has 1 heterocycles. The Balaban J connectivity index is 2.04.